The van der Waals surface area contributed by atoms with Crippen LogP contribution in [0.5, 0.6) is 0 Å². The normalized spacial score (nSPS) is 16.8. The smallest absolute Gasteiger partial charge is 0.296 e. The Kier molecular flexibility index (Phi) is 3.29. The number of nitrogens with zero attached hydrogens (tertiary/aromatic N) is 4. The molecule has 2 aliphatic carbocycles. The van der Waals surface area contributed by atoms with Gasteiger partial charge in [0.25, 0.3) is 11.5 Å². The number of pyridine rings is 1. The van der Waals surface area contributed by atoms with Crippen molar-refractivity contribution in [3.8, 4) is 0 Å². The maximum absolute atomic E-state index is 12.5. The Morgan fingerprint density at radius 1 is 1.23 bits per heavy atom. The third-order valence-corrected chi connectivity index (χ3v) is 5.54. The molecule has 10 heteroatoms. The van der Waals surface area contributed by atoms with Crippen molar-refractivity contribution in [2.24, 2.45) is 0 Å². The number of fused-ring (bicyclic) bond motifs is 1. The summed E-state index contributed by atoms with van der Waals surface area (Å²) in [7, 11) is 0. The van der Waals surface area contributed by atoms with E-state index in [0.29, 0.717) is 16.7 Å². The number of carbonyl (C=O) groups excluding carboxylic acids is 1. The molecule has 0 unspecified atom stereocenters. The van der Waals surface area contributed by atoms with Crippen LogP contribution in [0.25, 0.3) is 11.0 Å². The number of hydrogen-bond donors (Lipinski definition) is 2. The van der Waals surface area contributed by atoms with Crippen molar-refractivity contribution in [1.29, 1.82) is 0 Å². The van der Waals surface area contributed by atoms with Crippen LogP contribution in [0.15, 0.2) is 21.9 Å². The van der Waals surface area contributed by atoms with Crippen molar-refractivity contribution in [1.82, 2.24) is 24.7 Å². The van der Waals surface area contributed by atoms with Gasteiger partial charge in [0.2, 0.25) is 5.13 Å². The molecule has 3 heterocycles. The monoisotopic (exact) mass is 370 g/mol. The van der Waals surface area contributed by atoms with Crippen molar-refractivity contribution < 1.29 is 4.79 Å². The summed E-state index contributed by atoms with van der Waals surface area (Å²) in [4.78, 5) is 43.2. The second-order valence-corrected chi connectivity index (χ2v) is 7.64. The minimum Gasteiger partial charge on any atom is -0.296 e. The van der Waals surface area contributed by atoms with Crippen molar-refractivity contribution in [2.45, 2.75) is 37.6 Å². The van der Waals surface area contributed by atoms with Gasteiger partial charge in [0.05, 0.1) is 10.9 Å². The van der Waals surface area contributed by atoms with Gasteiger partial charge in [-0.25, -0.2) is 9.78 Å². The molecule has 2 aliphatic rings. The van der Waals surface area contributed by atoms with E-state index in [9.17, 15) is 14.4 Å². The van der Waals surface area contributed by atoms with Crippen LogP contribution in [0.2, 0.25) is 0 Å². The molecule has 3 aromatic heterocycles. The highest BCUT2D eigenvalue weighted by molar-refractivity contribution is 7.15. The predicted octanol–water partition coefficient (Wildman–Crippen LogP) is 1.40. The number of rotatable bonds is 4. The first-order valence-corrected chi connectivity index (χ1v) is 9.21. The van der Waals surface area contributed by atoms with Crippen LogP contribution in [0.1, 0.15) is 53.0 Å². The Morgan fingerprint density at radius 2 is 2.04 bits per heavy atom. The largest absolute Gasteiger partial charge is 0.330 e. The van der Waals surface area contributed by atoms with Gasteiger partial charge in [-0.05, 0) is 31.7 Å². The van der Waals surface area contributed by atoms with Crippen LogP contribution in [0, 0.1) is 0 Å². The van der Waals surface area contributed by atoms with E-state index < -0.39 is 17.2 Å². The predicted molar refractivity (Wildman–Crippen MR) is 94.7 cm³/mol. The molecule has 2 N–H and O–H groups in total. The van der Waals surface area contributed by atoms with E-state index in [2.05, 4.69) is 25.5 Å². The zero-order valence-electron chi connectivity index (χ0n) is 13.6. The van der Waals surface area contributed by atoms with Gasteiger partial charge in [0.1, 0.15) is 10.7 Å². The molecule has 5 rings (SSSR count). The van der Waals surface area contributed by atoms with E-state index in [4.69, 9.17) is 0 Å². The number of aromatic amines is 1. The van der Waals surface area contributed by atoms with Crippen LogP contribution in [0.4, 0.5) is 5.13 Å². The average Bonchev–Trinajstić information content (AvgIpc) is 3.55. The standard InChI is InChI=1S/C16H14N6O3S/c23-12(18-15-21-20-14(26-15)7-1-2-7)8-5-10-11(17-6-8)22(9-3-4-9)16(25)19-13(10)24/h5-7,9H,1-4H2,(H,18,21,23)(H,19,24,25). The first-order chi connectivity index (χ1) is 12.6. The van der Waals surface area contributed by atoms with Crippen LogP contribution in [0.3, 0.4) is 0 Å². The first kappa shape index (κ1) is 15.4. The van der Waals surface area contributed by atoms with E-state index in [1.165, 1.54) is 28.2 Å². The minimum atomic E-state index is -0.545. The highest BCUT2D eigenvalue weighted by Gasteiger charge is 2.29. The Morgan fingerprint density at radius 3 is 2.77 bits per heavy atom. The maximum atomic E-state index is 12.5. The van der Waals surface area contributed by atoms with Crippen LogP contribution >= 0.6 is 11.3 Å². The number of carbonyl (C=O) groups is 1. The van der Waals surface area contributed by atoms with Gasteiger partial charge in [-0.3, -0.25) is 24.5 Å². The summed E-state index contributed by atoms with van der Waals surface area (Å²) < 4.78 is 1.49. The SMILES string of the molecule is O=C(Nc1nnc(C2CC2)s1)c1cnc2c(c1)c(=O)[nH]c(=O)n2C1CC1. The van der Waals surface area contributed by atoms with E-state index >= 15 is 0 Å². The van der Waals surface area contributed by atoms with Gasteiger partial charge in [0.15, 0.2) is 0 Å². The molecule has 0 bridgehead atoms. The fraction of sp³-hybridized carbons (Fsp3) is 0.375. The number of nitrogens with one attached hydrogen (secondary N) is 2. The zero-order valence-corrected chi connectivity index (χ0v) is 14.4. The Bertz CT molecular complexity index is 1150. The fourth-order valence-electron chi connectivity index (χ4n) is 2.88. The number of hydrogen-bond acceptors (Lipinski definition) is 7. The molecule has 0 saturated heterocycles. The minimum absolute atomic E-state index is 0.0660. The topological polar surface area (TPSA) is 123 Å². The Balaban J connectivity index is 1.49. The third-order valence-electron chi connectivity index (χ3n) is 4.54. The number of aromatic nitrogens is 5. The molecule has 26 heavy (non-hydrogen) atoms. The van der Waals surface area contributed by atoms with E-state index in [1.54, 1.807) is 0 Å². The maximum Gasteiger partial charge on any atom is 0.330 e. The third kappa shape index (κ3) is 2.62. The number of anilines is 1. The summed E-state index contributed by atoms with van der Waals surface area (Å²) in [5, 5.41) is 12.3. The van der Waals surface area contributed by atoms with Crippen LogP contribution in [-0.4, -0.2) is 30.6 Å². The summed E-state index contributed by atoms with van der Waals surface area (Å²) in [5.41, 5.74) is -0.468. The second-order valence-electron chi connectivity index (χ2n) is 6.63. The molecule has 2 fully saturated rings. The Labute approximate surface area is 150 Å². The molecule has 132 valence electrons. The lowest BCUT2D eigenvalue weighted by atomic mass is 10.2. The zero-order chi connectivity index (χ0) is 17.8. The van der Waals surface area contributed by atoms with E-state index in [1.807, 2.05) is 0 Å². The summed E-state index contributed by atoms with van der Waals surface area (Å²) in [6.07, 6.45) is 5.36. The summed E-state index contributed by atoms with van der Waals surface area (Å²) in [6, 6.07) is 1.52. The van der Waals surface area contributed by atoms with Crippen LogP contribution < -0.4 is 16.6 Å². The fourth-order valence-corrected chi connectivity index (χ4v) is 3.79. The first-order valence-electron chi connectivity index (χ1n) is 8.39. The highest BCUT2D eigenvalue weighted by atomic mass is 32.1. The van der Waals surface area contributed by atoms with E-state index in [-0.39, 0.29) is 17.0 Å². The number of H-pyrrole nitrogens is 1. The van der Waals surface area contributed by atoms with E-state index in [0.717, 1.165) is 30.7 Å². The molecule has 3 aromatic rings. The number of amides is 1. The van der Waals surface area contributed by atoms with Gasteiger partial charge in [-0.2, -0.15) is 0 Å². The molecule has 0 aliphatic heterocycles. The van der Waals surface area contributed by atoms with Gasteiger partial charge in [-0.1, -0.05) is 11.3 Å². The summed E-state index contributed by atoms with van der Waals surface area (Å²) >= 11 is 1.36. The van der Waals surface area contributed by atoms with Crippen molar-refractivity contribution in [3.05, 3.63) is 43.7 Å². The Hall–Kier alpha value is -2.88. The highest BCUT2D eigenvalue weighted by Crippen LogP contribution is 2.42. The molecule has 0 atom stereocenters. The molecule has 0 radical (unpaired) electrons. The lowest BCUT2D eigenvalue weighted by molar-refractivity contribution is 0.102. The summed E-state index contributed by atoms with van der Waals surface area (Å²) in [6.45, 7) is 0. The van der Waals surface area contributed by atoms with Gasteiger partial charge >= 0.3 is 5.69 Å². The summed E-state index contributed by atoms with van der Waals surface area (Å²) in [5.74, 6) is 0.0553. The van der Waals surface area contributed by atoms with Crippen molar-refractivity contribution in [2.75, 3.05) is 5.32 Å². The van der Waals surface area contributed by atoms with Gasteiger partial charge in [0, 0.05) is 18.2 Å². The van der Waals surface area contributed by atoms with Crippen molar-refractivity contribution in [3.63, 3.8) is 0 Å². The second kappa shape index (κ2) is 5.56. The van der Waals surface area contributed by atoms with Crippen molar-refractivity contribution >= 4 is 33.4 Å². The molecule has 0 aromatic carbocycles. The molecule has 9 nitrogen and oxygen atoms in total. The molecular formula is C16H14N6O3S. The van der Waals surface area contributed by atoms with Gasteiger partial charge in [-0.15, -0.1) is 10.2 Å². The molecule has 2 saturated carbocycles. The molecular weight excluding hydrogens is 356 g/mol. The lowest BCUT2D eigenvalue weighted by Gasteiger charge is -2.08. The quantitative estimate of drug-likeness (QED) is 0.716. The molecule has 1 amide bonds. The van der Waals surface area contributed by atoms with Gasteiger partial charge < -0.3 is 0 Å². The lowest BCUT2D eigenvalue weighted by Crippen LogP contribution is -2.30. The average molecular weight is 370 g/mol. The van der Waals surface area contributed by atoms with Crippen LogP contribution in [-0.2, 0) is 0 Å². The molecule has 0 spiro atoms.